The van der Waals surface area contributed by atoms with Crippen LogP contribution in [0.1, 0.15) is 12.5 Å². The molecule has 0 aromatic heterocycles. The zero-order valence-electron chi connectivity index (χ0n) is 9.59. The first kappa shape index (κ1) is 12.6. The van der Waals surface area contributed by atoms with E-state index in [1.165, 1.54) is 12.1 Å². The van der Waals surface area contributed by atoms with Crippen LogP contribution in [0.3, 0.4) is 0 Å². The highest BCUT2D eigenvalue weighted by Gasteiger charge is 2.08. The van der Waals surface area contributed by atoms with Gasteiger partial charge in [-0.1, -0.05) is 12.1 Å². The van der Waals surface area contributed by atoms with Gasteiger partial charge in [0.2, 0.25) is 5.91 Å². The van der Waals surface area contributed by atoms with Gasteiger partial charge in [-0.25, -0.2) is 4.39 Å². The Labute approximate surface area is 95.0 Å². The van der Waals surface area contributed by atoms with Crippen molar-refractivity contribution in [3.05, 3.63) is 35.6 Å². The number of hydrogen-bond acceptors (Lipinski definition) is 2. The minimum atomic E-state index is -0.239. The molecule has 3 nitrogen and oxygen atoms in total. The van der Waals surface area contributed by atoms with Crippen molar-refractivity contribution >= 4 is 5.91 Å². The lowest BCUT2D eigenvalue weighted by atomic mass is 10.1. The highest BCUT2D eigenvalue weighted by Crippen LogP contribution is 2.02. The van der Waals surface area contributed by atoms with Crippen LogP contribution >= 0.6 is 0 Å². The predicted octanol–water partition coefficient (Wildman–Crippen LogP) is 1.09. The van der Waals surface area contributed by atoms with Gasteiger partial charge in [-0.05, 0) is 38.1 Å². The van der Waals surface area contributed by atoms with E-state index in [1.807, 2.05) is 0 Å². The fourth-order valence-electron chi connectivity index (χ4n) is 1.27. The number of amides is 1. The van der Waals surface area contributed by atoms with Gasteiger partial charge >= 0.3 is 0 Å². The number of benzene rings is 1. The Balaban J connectivity index is 2.30. The lowest BCUT2D eigenvalue weighted by Gasteiger charge is -2.10. The van der Waals surface area contributed by atoms with Crippen LogP contribution < -0.4 is 10.6 Å². The highest BCUT2D eigenvalue weighted by molar-refractivity contribution is 5.81. The average Bonchev–Trinajstić information content (AvgIpc) is 2.30. The van der Waals surface area contributed by atoms with Crippen LogP contribution in [0.25, 0.3) is 0 Å². The molecule has 88 valence electrons. The number of nitrogens with one attached hydrogen (secondary N) is 2. The SMILES string of the molecule is CNC(C)C(=O)NCCc1ccc(F)cc1. The zero-order valence-corrected chi connectivity index (χ0v) is 9.59. The first-order valence-corrected chi connectivity index (χ1v) is 5.33. The van der Waals surface area contributed by atoms with Crippen molar-refractivity contribution in [2.24, 2.45) is 0 Å². The second-order valence-corrected chi connectivity index (χ2v) is 3.68. The Morgan fingerprint density at radius 3 is 2.56 bits per heavy atom. The molecular weight excluding hydrogens is 207 g/mol. The lowest BCUT2D eigenvalue weighted by molar-refractivity contribution is -0.122. The van der Waals surface area contributed by atoms with Crippen molar-refractivity contribution in [2.45, 2.75) is 19.4 Å². The molecule has 4 heteroatoms. The molecule has 0 fully saturated rings. The van der Waals surface area contributed by atoms with Crippen LogP contribution in [0.15, 0.2) is 24.3 Å². The topological polar surface area (TPSA) is 41.1 Å². The zero-order chi connectivity index (χ0) is 12.0. The molecule has 0 heterocycles. The summed E-state index contributed by atoms with van der Waals surface area (Å²) in [6.45, 7) is 2.36. The molecule has 0 aliphatic heterocycles. The summed E-state index contributed by atoms with van der Waals surface area (Å²) >= 11 is 0. The number of carbonyl (C=O) groups excluding carboxylic acids is 1. The fourth-order valence-corrected chi connectivity index (χ4v) is 1.27. The van der Waals surface area contributed by atoms with E-state index in [4.69, 9.17) is 0 Å². The minimum Gasteiger partial charge on any atom is -0.354 e. The van der Waals surface area contributed by atoms with Crippen LogP contribution in [0.2, 0.25) is 0 Å². The summed E-state index contributed by atoms with van der Waals surface area (Å²) in [6, 6.07) is 6.11. The summed E-state index contributed by atoms with van der Waals surface area (Å²) in [5.74, 6) is -0.263. The van der Waals surface area contributed by atoms with E-state index in [1.54, 1.807) is 26.1 Å². The molecular formula is C12H17FN2O. The van der Waals surface area contributed by atoms with E-state index in [-0.39, 0.29) is 17.8 Å². The second kappa shape index (κ2) is 6.23. The van der Waals surface area contributed by atoms with Crippen LogP contribution in [0.5, 0.6) is 0 Å². The van der Waals surface area contributed by atoms with Gasteiger partial charge in [0.05, 0.1) is 6.04 Å². The maximum Gasteiger partial charge on any atom is 0.236 e. The number of hydrogen-bond donors (Lipinski definition) is 2. The summed E-state index contributed by atoms with van der Waals surface area (Å²) in [5, 5.41) is 5.66. The number of carbonyl (C=O) groups is 1. The monoisotopic (exact) mass is 224 g/mol. The maximum atomic E-state index is 12.6. The number of likely N-dealkylation sites (N-methyl/N-ethyl adjacent to an activating group) is 1. The average molecular weight is 224 g/mol. The molecule has 1 unspecified atom stereocenters. The normalized spacial score (nSPS) is 12.2. The molecule has 1 atom stereocenters. The summed E-state index contributed by atoms with van der Waals surface area (Å²) in [5.41, 5.74) is 1.01. The Bertz CT molecular complexity index is 337. The van der Waals surface area contributed by atoms with Crippen LogP contribution in [-0.4, -0.2) is 25.5 Å². The van der Waals surface area contributed by atoms with E-state index < -0.39 is 0 Å². The Morgan fingerprint density at radius 1 is 1.38 bits per heavy atom. The Kier molecular flexibility index (Phi) is 4.92. The number of rotatable bonds is 5. The van der Waals surface area contributed by atoms with Gasteiger partial charge in [0.25, 0.3) is 0 Å². The molecule has 0 aliphatic carbocycles. The quantitative estimate of drug-likeness (QED) is 0.786. The van der Waals surface area contributed by atoms with Crippen molar-refractivity contribution in [3.63, 3.8) is 0 Å². The van der Waals surface area contributed by atoms with E-state index in [2.05, 4.69) is 10.6 Å². The largest absolute Gasteiger partial charge is 0.354 e. The summed E-state index contributed by atoms with van der Waals surface area (Å²) < 4.78 is 12.6. The van der Waals surface area contributed by atoms with Crippen LogP contribution in [-0.2, 0) is 11.2 Å². The molecule has 0 aliphatic rings. The van der Waals surface area contributed by atoms with Gasteiger partial charge in [0.1, 0.15) is 5.82 Å². The first-order valence-electron chi connectivity index (χ1n) is 5.33. The van der Waals surface area contributed by atoms with Gasteiger partial charge < -0.3 is 10.6 Å². The molecule has 1 aromatic carbocycles. The van der Waals surface area contributed by atoms with E-state index >= 15 is 0 Å². The van der Waals surface area contributed by atoms with E-state index in [0.29, 0.717) is 13.0 Å². The Morgan fingerprint density at radius 2 is 2.00 bits per heavy atom. The van der Waals surface area contributed by atoms with Crippen molar-refractivity contribution in [1.29, 1.82) is 0 Å². The second-order valence-electron chi connectivity index (χ2n) is 3.68. The lowest BCUT2D eigenvalue weighted by Crippen LogP contribution is -2.41. The fraction of sp³-hybridized carbons (Fsp3) is 0.417. The summed E-state index contributed by atoms with van der Waals surface area (Å²) in [4.78, 5) is 11.4. The van der Waals surface area contributed by atoms with Crippen molar-refractivity contribution in [3.8, 4) is 0 Å². The van der Waals surface area contributed by atoms with Crippen LogP contribution in [0.4, 0.5) is 4.39 Å². The number of halogens is 1. The van der Waals surface area contributed by atoms with Gasteiger partial charge in [0.15, 0.2) is 0 Å². The molecule has 16 heavy (non-hydrogen) atoms. The maximum absolute atomic E-state index is 12.6. The Hall–Kier alpha value is -1.42. The molecule has 0 radical (unpaired) electrons. The molecule has 0 saturated heterocycles. The molecule has 2 N–H and O–H groups in total. The first-order chi connectivity index (χ1) is 7.63. The van der Waals surface area contributed by atoms with E-state index in [9.17, 15) is 9.18 Å². The van der Waals surface area contributed by atoms with E-state index in [0.717, 1.165) is 5.56 Å². The van der Waals surface area contributed by atoms with Crippen molar-refractivity contribution in [2.75, 3.05) is 13.6 Å². The molecule has 1 aromatic rings. The minimum absolute atomic E-state index is 0.0235. The molecule has 0 spiro atoms. The molecule has 0 saturated carbocycles. The third-order valence-electron chi connectivity index (χ3n) is 2.45. The van der Waals surface area contributed by atoms with Gasteiger partial charge in [-0.2, -0.15) is 0 Å². The predicted molar refractivity (Wildman–Crippen MR) is 61.6 cm³/mol. The molecule has 0 bridgehead atoms. The summed E-state index contributed by atoms with van der Waals surface area (Å²) in [7, 11) is 1.74. The van der Waals surface area contributed by atoms with Gasteiger partial charge in [-0.3, -0.25) is 4.79 Å². The smallest absolute Gasteiger partial charge is 0.236 e. The summed E-state index contributed by atoms with van der Waals surface area (Å²) in [6.07, 6.45) is 0.711. The van der Waals surface area contributed by atoms with Crippen molar-refractivity contribution in [1.82, 2.24) is 10.6 Å². The highest BCUT2D eigenvalue weighted by atomic mass is 19.1. The standard InChI is InChI=1S/C12H17FN2O/c1-9(14-2)12(16)15-8-7-10-3-5-11(13)6-4-10/h3-6,9,14H,7-8H2,1-2H3,(H,15,16). The van der Waals surface area contributed by atoms with Gasteiger partial charge in [-0.15, -0.1) is 0 Å². The van der Waals surface area contributed by atoms with Crippen molar-refractivity contribution < 1.29 is 9.18 Å². The van der Waals surface area contributed by atoms with Gasteiger partial charge in [0, 0.05) is 6.54 Å². The third kappa shape index (κ3) is 3.98. The van der Waals surface area contributed by atoms with Crippen LogP contribution in [0, 0.1) is 5.82 Å². The molecule has 1 rings (SSSR count). The molecule has 1 amide bonds. The third-order valence-corrected chi connectivity index (χ3v) is 2.45.